The highest BCUT2D eigenvalue weighted by atomic mass is 35.5. The molecule has 2 aromatic rings. The highest BCUT2D eigenvalue weighted by Crippen LogP contribution is 2.36. The second-order valence-electron chi connectivity index (χ2n) is 5.43. The van der Waals surface area contributed by atoms with Crippen LogP contribution < -0.4 is 15.0 Å². The number of hydrogen-bond donors (Lipinski definition) is 1. The van der Waals surface area contributed by atoms with Gasteiger partial charge in [0, 0.05) is 24.7 Å². The predicted octanol–water partition coefficient (Wildman–Crippen LogP) is 4.36. The molecule has 0 saturated heterocycles. The van der Waals surface area contributed by atoms with E-state index < -0.39 is 4.92 Å². The molecule has 2 aromatic carbocycles. The Kier molecular flexibility index (Phi) is 6.41. The SMILES string of the molecule is CCN(CC)c1cc(NC(=O)c2ccc(OC)cc2)c(Cl)cc1[N+](=O)[O-]. The van der Waals surface area contributed by atoms with Crippen molar-refractivity contribution in [3.63, 3.8) is 0 Å². The number of ether oxygens (including phenoxy) is 1. The Morgan fingerprint density at radius 3 is 2.35 bits per heavy atom. The first-order valence-corrected chi connectivity index (χ1v) is 8.47. The number of amides is 1. The first kappa shape index (κ1) is 19.5. The molecule has 0 heterocycles. The molecule has 0 fully saturated rings. The lowest BCUT2D eigenvalue weighted by Crippen LogP contribution is -2.23. The van der Waals surface area contributed by atoms with E-state index in [0.29, 0.717) is 35.8 Å². The Balaban J connectivity index is 2.37. The van der Waals surface area contributed by atoms with Crippen molar-refractivity contribution in [2.45, 2.75) is 13.8 Å². The summed E-state index contributed by atoms with van der Waals surface area (Å²) >= 11 is 6.16. The smallest absolute Gasteiger partial charge is 0.294 e. The van der Waals surface area contributed by atoms with E-state index in [4.69, 9.17) is 16.3 Å². The number of nitro benzene ring substituents is 1. The van der Waals surface area contributed by atoms with Gasteiger partial charge in [0.25, 0.3) is 11.6 Å². The molecule has 7 nitrogen and oxygen atoms in total. The van der Waals surface area contributed by atoms with E-state index in [9.17, 15) is 14.9 Å². The molecule has 1 amide bonds. The van der Waals surface area contributed by atoms with E-state index in [1.165, 1.54) is 12.1 Å². The largest absolute Gasteiger partial charge is 0.497 e. The van der Waals surface area contributed by atoms with Crippen molar-refractivity contribution in [2.75, 3.05) is 30.4 Å². The molecule has 0 aliphatic carbocycles. The van der Waals surface area contributed by atoms with Crippen LogP contribution in [-0.2, 0) is 0 Å². The molecular formula is C18H20ClN3O4. The van der Waals surface area contributed by atoms with Crippen LogP contribution in [0.4, 0.5) is 17.1 Å². The molecule has 0 radical (unpaired) electrons. The summed E-state index contributed by atoms with van der Waals surface area (Å²) < 4.78 is 5.07. The van der Waals surface area contributed by atoms with E-state index in [2.05, 4.69) is 5.32 Å². The minimum atomic E-state index is -0.478. The minimum Gasteiger partial charge on any atom is -0.497 e. The summed E-state index contributed by atoms with van der Waals surface area (Å²) in [7, 11) is 1.54. The number of nitrogens with zero attached hydrogens (tertiary/aromatic N) is 2. The first-order valence-electron chi connectivity index (χ1n) is 8.09. The molecule has 0 unspecified atom stereocenters. The third kappa shape index (κ3) is 4.23. The number of carbonyl (C=O) groups is 1. The fourth-order valence-corrected chi connectivity index (χ4v) is 2.75. The van der Waals surface area contributed by atoms with Gasteiger partial charge in [0.05, 0.1) is 22.7 Å². The maximum Gasteiger partial charge on any atom is 0.294 e. The number of anilines is 2. The topological polar surface area (TPSA) is 84.7 Å². The summed E-state index contributed by atoms with van der Waals surface area (Å²) in [4.78, 5) is 25.1. The Hall–Kier alpha value is -2.80. The highest BCUT2D eigenvalue weighted by molar-refractivity contribution is 6.34. The number of hydrogen-bond acceptors (Lipinski definition) is 5. The van der Waals surface area contributed by atoms with Gasteiger partial charge in [0.2, 0.25) is 0 Å². The van der Waals surface area contributed by atoms with Gasteiger partial charge in [-0.05, 0) is 44.2 Å². The molecule has 0 spiro atoms. The molecule has 0 aliphatic rings. The molecule has 0 aliphatic heterocycles. The Morgan fingerprint density at radius 2 is 1.85 bits per heavy atom. The van der Waals surface area contributed by atoms with E-state index >= 15 is 0 Å². The average Bonchev–Trinajstić information content (AvgIpc) is 2.64. The van der Waals surface area contributed by atoms with Gasteiger partial charge in [-0.25, -0.2) is 0 Å². The van der Waals surface area contributed by atoms with Gasteiger partial charge < -0.3 is 15.0 Å². The van der Waals surface area contributed by atoms with Crippen molar-refractivity contribution in [3.8, 4) is 5.75 Å². The van der Waals surface area contributed by atoms with Gasteiger partial charge in [-0.15, -0.1) is 0 Å². The van der Waals surface area contributed by atoms with Gasteiger partial charge in [0.1, 0.15) is 11.4 Å². The van der Waals surface area contributed by atoms with E-state index in [1.54, 1.807) is 31.4 Å². The van der Waals surface area contributed by atoms with Crippen LogP contribution in [0.1, 0.15) is 24.2 Å². The van der Waals surface area contributed by atoms with Crippen molar-refractivity contribution in [2.24, 2.45) is 0 Å². The molecule has 0 atom stereocenters. The summed E-state index contributed by atoms with van der Waals surface area (Å²) in [6.45, 7) is 4.98. The molecular weight excluding hydrogens is 358 g/mol. The molecule has 0 aromatic heterocycles. The molecule has 26 heavy (non-hydrogen) atoms. The summed E-state index contributed by atoms with van der Waals surface area (Å²) in [5.41, 5.74) is 1.06. The van der Waals surface area contributed by atoms with Crippen molar-refractivity contribution < 1.29 is 14.5 Å². The van der Waals surface area contributed by atoms with Gasteiger partial charge in [-0.2, -0.15) is 0 Å². The second kappa shape index (κ2) is 8.53. The maximum atomic E-state index is 12.4. The molecule has 2 rings (SSSR count). The Labute approximate surface area is 156 Å². The van der Waals surface area contributed by atoms with Crippen LogP contribution in [0.3, 0.4) is 0 Å². The van der Waals surface area contributed by atoms with Gasteiger partial charge in [-0.1, -0.05) is 11.6 Å². The number of benzene rings is 2. The Bertz CT molecular complexity index is 805. The van der Waals surface area contributed by atoms with Crippen molar-refractivity contribution in [1.82, 2.24) is 0 Å². The molecule has 1 N–H and O–H groups in total. The monoisotopic (exact) mass is 377 g/mol. The lowest BCUT2D eigenvalue weighted by molar-refractivity contribution is -0.384. The molecule has 8 heteroatoms. The molecule has 0 saturated carbocycles. The highest BCUT2D eigenvalue weighted by Gasteiger charge is 2.22. The standard InChI is InChI=1S/C18H20ClN3O4/c1-4-21(5-2)16-11-15(14(19)10-17(16)22(24)25)20-18(23)12-6-8-13(26-3)9-7-12/h6-11H,4-5H2,1-3H3,(H,20,23). The number of carbonyl (C=O) groups excluding carboxylic acids is 1. The van der Waals surface area contributed by atoms with Crippen LogP contribution in [-0.4, -0.2) is 31.0 Å². The zero-order valence-electron chi connectivity index (χ0n) is 14.8. The second-order valence-corrected chi connectivity index (χ2v) is 5.84. The van der Waals surface area contributed by atoms with Crippen LogP contribution in [0.15, 0.2) is 36.4 Å². The number of methoxy groups -OCH3 is 1. The lowest BCUT2D eigenvalue weighted by Gasteiger charge is -2.22. The van der Waals surface area contributed by atoms with Crippen LogP contribution in [0, 0.1) is 10.1 Å². The minimum absolute atomic E-state index is 0.0962. The maximum absolute atomic E-state index is 12.4. The summed E-state index contributed by atoms with van der Waals surface area (Å²) in [5.74, 6) is 0.271. The van der Waals surface area contributed by atoms with E-state index in [0.717, 1.165) is 0 Å². The van der Waals surface area contributed by atoms with Gasteiger partial charge in [0.15, 0.2) is 0 Å². The van der Waals surface area contributed by atoms with Gasteiger partial charge in [-0.3, -0.25) is 14.9 Å². The van der Waals surface area contributed by atoms with Crippen molar-refractivity contribution in [3.05, 3.63) is 57.1 Å². The van der Waals surface area contributed by atoms with Crippen LogP contribution >= 0.6 is 11.6 Å². The van der Waals surface area contributed by atoms with Crippen molar-refractivity contribution >= 4 is 34.6 Å². The van der Waals surface area contributed by atoms with Crippen molar-refractivity contribution in [1.29, 1.82) is 0 Å². The third-order valence-corrected chi connectivity index (χ3v) is 4.28. The fraction of sp³-hybridized carbons (Fsp3) is 0.278. The quantitative estimate of drug-likeness (QED) is 0.572. The normalized spacial score (nSPS) is 10.3. The fourth-order valence-electron chi connectivity index (χ4n) is 2.55. The summed E-state index contributed by atoms with van der Waals surface area (Å²) in [6, 6.07) is 9.40. The van der Waals surface area contributed by atoms with Crippen LogP contribution in [0.25, 0.3) is 0 Å². The number of nitrogens with one attached hydrogen (secondary N) is 1. The van der Waals surface area contributed by atoms with Crippen LogP contribution in [0.5, 0.6) is 5.75 Å². The molecule has 0 bridgehead atoms. The average molecular weight is 378 g/mol. The predicted molar refractivity (Wildman–Crippen MR) is 103 cm³/mol. The lowest BCUT2D eigenvalue weighted by atomic mass is 10.1. The van der Waals surface area contributed by atoms with E-state index in [-0.39, 0.29) is 16.6 Å². The Morgan fingerprint density at radius 1 is 1.23 bits per heavy atom. The zero-order valence-corrected chi connectivity index (χ0v) is 15.5. The van der Waals surface area contributed by atoms with Crippen LogP contribution in [0.2, 0.25) is 5.02 Å². The third-order valence-electron chi connectivity index (χ3n) is 3.97. The number of rotatable bonds is 7. The molecule has 138 valence electrons. The van der Waals surface area contributed by atoms with E-state index in [1.807, 2.05) is 18.7 Å². The number of halogens is 1. The summed E-state index contributed by atoms with van der Waals surface area (Å²) in [6.07, 6.45) is 0. The zero-order chi connectivity index (χ0) is 19.3. The number of nitro groups is 1. The summed E-state index contributed by atoms with van der Waals surface area (Å²) in [5, 5.41) is 14.2. The van der Waals surface area contributed by atoms with Gasteiger partial charge >= 0.3 is 0 Å². The first-order chi connectivity index (χ1) is 12.4.